The van der Waals surface area contributed by atoms with Crippen LogP contribution in [0.5, 0.6) is 0 Å². The Kier molecular flexibility index (Phi) is 4.66. The third-order valence-electron chi connectivity index (χ3n) is 3.03. The van der Waals surface area contributed by atoms with Crippen molar-refractivity contribution in [3.05, 3.63) is 34.2 Å². The Bertz CT molecular complexity index is 691. The third kappa shape index (κ3) is 3.29. The van der Waals surface area contributed by atoms with Crippen molar-refractivity contribution in [2.45, 2.75) is 29.7 Å². The summed E-state index contributed by atoms with van der Waals surface area (Å²) < 4.78 is 168. The van der Waals surface area contributed by atoms with Crippen LogP contribution in [0, 0.1) is 0 Å². The van der Waals surface area contributed by atoms with Gasteiger partial charge in [0.2, 0.25) is 9.84 Å². The summed E-state index contributed by atoms with van der Waals surface area (Å²) in [6.07, 6.45) is -6.97. The molecule has 154 valence electrons. The molecular weight excluding hydrogens is 447 g/mol. The van der Waals surface area contributed by atoms with Gasteiger partial charge in [0.1, 0.15) is 0 Å². The summed E-state index contributed by atoms with van der Waals surface area (Å²) in [5, 5.41) is -10.6. The number of rotatable bonds is 4. The summed E-state index contributed by atoms with van der Waals surface area (Å²) in [5.41, 5.74) is -1.45. The highest BCUT2D eigenvalue weighted by molar-refractivity contribution is 8.52. The van der Waals surface area contributed by atoms with Gasteiger partial charge in [-0.2, -0.15) is 39.5 Å². The lowest BCUT2D eigenvalue weighted by Crippen LogP contribution is -2.64. The lowest BCUT2D eigenvalue weighted by atomic mass is 10.1. The number of allylic oxidation sites excluding steroid dienone is 5. The fourth-order valence-electron chi connectivity index (χ4n) is 1.63. The second kappa shape index (κ2) is 5.26. The lowest BCUT2D eigenvalue weighted by Gasteiger charge is -2.54. The van der Waals surface area contributed by atoms with Crippen molar-refractivity contribution in [1.29, 1.82) is 0 Å². The fraction of sp³-hybridized carbons (Fsp3) is 0.455. The van der Waals surface area contributed by atoms with Crippen molar-refractivity contribution in [2.75, 3.05) is 0 Å². The van der Waals surface area contributed by atoms with Crippen LogP contribution in [0.1, 0.15) is 6.42 Å². The average Bonchev–Trinajstić information content (AvgIpc) is 2.38. The number of hydrogen-bond donors (Lipinski definition) is 0. The summed E-state index contributed by atoms with van der Waals surface area (Å²) in [6, 6.07) is 0. The van der Waals surface area contributed by atoms with Gasteiger partial charge in [0.05, 0.1) is 5.41 Å². The van der Waals surface area contributed by atoms with Crippen LogP contribution in [0.4, 0.5) is 55.1 Å². The predicted molar refractivity (Wildman–Crippen MR) is 68.7 cm³/mol. The van der Waals surface area contributed by atoms with Gasteiger partial charge < -0.3 is 0 Å². The molecule has 0 spiro atoms. The topological polar surface area (TPSA) is 0 Å². The van der Waals surface area contributed by atoms with Gasteiger partial charge in [-0.05, 0) is 18.1 Å². The monoisotopic (exact) mass is 452 g/mol. The van der Waals surface area contributed by atoms with Crippen LogP contribution in [0.3, 0.4) is 0 Å². The molecule has 0 aliphatic heterocycles. The molecule has 0 radical (unpaired) electrons. The quantitative estimate of drug-likeness (QED) is 0.382. The molecule has 0 aromatic heterocycles. The summed E-state index contributed by atoms with van der Waals surface area (Å²) in [4.78, 5) is 0. The van der Waals surface area contributed by atoms with Crippen molar-refractivity contribution < 1.29 is 55.1 Å². The molecule has 1 rings (SSSR count). The molecule has 0 N–H and O–H groups in total. The molecule has 0 saturated carbocycles. The molecule has 0 aromatic carbocycles. The van der Waals surface area contributed by atoms with Gasteiger partial charge in [0.15, 0.2) is 0 Å². The Morgan fingerprint density at radius 3 is 1.62 bits per heavy atom. The van der Waals surface area contributed by atoms with E-state index in [0.29, 0.717) is 12.2 Å². The Morgan fingerprint density at radius 2 is 1.27 bits per heavy atom. The normalized spacial score (nSPS) is 22.1. The van der Waals surface area contributed by atoms with Gasteiger partial charge in [-0.1, -0.05) is 23.8 Å². The molecule has 0 atom stereocenters. The van der Waals surface area contributed by atoms with Gasteiger partial charge >= 0.3 is 23.3 Å². The average molecular weight is 453 g/mol. The molecule has 26 heavy (non-hydrogen) atoms. The first-order valence-corrected chi connectivity index (χ1v) is 8.44. The minimum absolute atomic E-state index is 0.244. The maximum Gasteiger partial charge on any atom is 0.460 e. The highest BCUT2D eigenvalue weighted by Crippen LogP contribution is 3.06. The first-order chi connectivity index (χ1) is 11.0. The van der Waals surface area contributed by atoms with Gasteiger partial charge in [-0.25, -0.2) is 0 Å². The van der Waals surface area contributed by atoms with E-state index in [1.54, 1.807) is 0 Å². The molecule has 0 bridgehead atoms. The van der Waals surface area contributed by atoms with E-state index in [1.807, 2.05) is 0 Å². The molecule has 1 aliphatic rings. The molecule has 0 aromatic rings. The van der Waals surface area contributed by atoms with Crippen molar-refractivity contribution in [2.24, 2.45) is 0 Å². The van der Waals surface area contributed by atoms with Crippen LogP contribution >= 0.6 is 21.4 Å². The Balaban J connectivity index is 3.66. The minimum atomic E-state index is -11.7. The van der Waals surface area contributed by atoms with Gasteiger partial charge in [-0.15, -0.1) is 15.5 Å². The summed E-state index contributed by atoms with van der Waals surface area (Å²) in [6.45, 7) is 0. The molecule has 1 aliphatic carbocycles. The Labute approximate surface area is 141 Å². The Morgan fingerprint density at radius 1 is 0.808 bits per heavy atom. The highest BCUT2D eigenvalue weighted by atomic mass is 35.5. The largest absolute Gasteiger partial charge is 0.460 e. The Hall–Kier alpha value is -1.05. The summed E-state index contributed by atoms with van der Waals surface area (Å²) >= 11 is 5.28. The minimum Gasteiger partial charge on any atom is -0.191 e. The molecule has 0 heterocycles. The summed E-state index contributed by atoms with van der Waals surface area (Å²) in [7, 11) is -11.7. The number of hydrogen-bond acceptors (Lipinski definition) is 0. The van der Waals surface area contributed by atoms with Gasteiger partial charge in [0, 0.05) is 5.03 Å². The number of halogens is 14. The van der Waals surface area contributed by atoms with Crippen molar-refractivity contribution >= 4 is 21.4 Å². The van der Waals surface area contributed by atoms with Crippen molar-refractivity contribution in [1.82, 2.24) is 0 Å². The molecule has 0 fully saturated rings. The van der Waals surface area contributed by atoms with E-state index >= 15 is 0 Å². The van der Waals surface area contributed by atoms with Crippen LogP contribution in [0.2, 0.25) is 0 Å². The summed E-state index contributed by atoms with van der Waals surface area (Å²) in [5.74, 6) is -16.0. The van der Waals surface area contributed by atoms with Gasteiger partial charge in [-0.3, -0.25) is 0 Å². The van der Waals surface area contributed by atoms with Crippen LogP contribution in [-0.4, -0.2) is 23.3 Å². The highest BCUT2D eigenvalue weighted by Gasteiger charge is 2.96. The second-order valence-corrected chi connectivity index (χ2v) is 8.57. The second-order valence-electron chi connectivity index (χ2n) is 5.12. The molecule has 0 nitrogen and oxygen atoms in total. The maximum absolute atomic E-state index is 13.6. The smallest absolute Gasteiger partial charge is 0.191 e. The van der Waals surface area contributed by atoms with E-state index in [1.165, 1.54) is 0 Å². The van der Waals surface area contributed by atoms with E-state index in [2.05, 4.69) is 0 Å². The van der Waals surface area contributed by atoms with Crippen LogP contribution in [-0.2, 0) is 0 Å². The maximum atomic E-state index is 13.6. The zero-order valence-electron chi connectivity index (χ0n) is 11.7. The van der Waals surface area contributed by atoms with Gasteiger partial charge in [0.25, 0.3) is 0 Å². The molecular formula is C11H6ClF13S. The zero-order valence-corrected chi connectivity index (χ0v) is 13.3. The van der Waals surface area contributed by atoms with E-state index in [-0.39, 0.29) is 11.1 Å². The lowest BCUT2D eigenvalue weighted by molar-refractivity contribution is -0.384. The number of alkyl halides is 9. The van der Waals surface area contributed by atoms with E-state index < -0.39 is 50.5 Å². The zero-order chi connectivity index (χ0) is 21.1. The van der Waals surface area contributed by atoms with E-state index in [4.69, 9.17) is 11.6 Å². The van der Waals surface area contributed by atoms with Crippen molar-refractivity contribution in [3.8, 4) is 0 Å². The SMILES string of the molecule is FC(F)(F)C(F)(F)C(F)(F)C(F)(F)S(F)(F)(F)(F)C=C1C=CC(Cl)=CC1. The van der Waals surface area contributed by atoms with Crippen LogP contribution < -0.4 is 0 Å². The molecule has 0 unspecified atom stereocenters. The molecule has 0 amide bonds. The third-order valence-corrected chi connectivity index (χ3v) is 5.41. The van der Waals surface area contributed by atoms with Crippen LogP contribution in [0.15, 0.2) is 34.2 Å². The van der Waals surface area contributed by atoms with Crippen LogP contribution in [0.25, 0.3) is 0 Å². The standard InChI is InChI=1S/C11H6ClF13S/c12-7-3-1-6(2-4-7)5-26(22,23,24,25)11(20,21)9(15,16)8(13,14)10(17,18)19/h1,3-5H,2H2. The molecule has 0 saturated heterocycles. The van der Waals surface area contributed by atoms with E-state index in [9.17, 15) is 55.1 Å². The van der Waals surface area contributed by atoms with E-state index in [0.717, 1.165) is 0 Å². The molecule has 15 heteroatoms. The van der Waals surface area contributed by atoms with Crippen molar-refractivity contribution in [3.63, 3.8) is 0 Å². The fourth-order valence-corrected chi connectivity index (χ4v) is 3.37. The first-order valence-electron chi connectivity index (χ1n) is 5.95. The predicted octanol–water partition coefficient (Wildman–Crippen LogP) is 7.79. The first kappa shape index (κ1) is 23.0.